The number of aliphatic imine (C=N–C) groups is 2. The van der Waals surface area contributed by atoms with Crippen molar-refractivity contribution in [2.24, 2.45) is 15.9 Å². The van der Waals surface area contributed by atoms with Crippen molar-refractivity contribution in [3.05, 3.63) is 58.6 Å². The number of hydrogen-bond donors (Lipinski definition) is 0. The van der Waals surface area contributed by atoms with Crippen LogP contribution in [0.5, 0.6) is 11.5 Å². The van der Waals surface area contributed by atoms with Gasteiger partial charge in [0.1, 0.15) is 16.5 Å². The first-order valence-electron chi connectivity index (χ1n) is 8.04. The highest BCUT2D eigenvalue weighted by atomic mass is 35.5. The first kappa shape index (κ1) is 16.2. The lowest BCUT2D eigenvalue weighted by Crippen LogP contribution is -2.36. The van der Waals surface area contributed by atoms with Gasteiger partial charge < -0.3 is 9.47 Å². The Morgan fingerprint density at radius 2 is 2.12 bits per heavy atom. The van der Waals surface area contributed by atoms with Crippen LogP contribution in [0.25, 0.3) is 0 Å². The Morgan fingerprint density at radius 1 is 1.24 bits per heavy atom. The van der Waals surface area contributed by atoms with Gasteiger partial charge in [-0.25, -0.2) is 4.99 Å². The summed E-state index contributed by atoms with van der Waals surface area (Å²) < 4.78 is 11.5. The second-order valence-electron chi connectivity index (χ2n) is 5.80. The summed E-state index contributed by atoms with van der Waals surface area (Å²) in [5, 5.41) is 0.682. The van der Waals surface area contributed by atoms with E-state index in [1.165, 1.54) is 0 Å². The molecule has 0 aromatic heterocycles. The van der Waals surface area contributed by atoms with Crippen LogP contribution in [0.2, 0.25) is 5.02 Å². The van der Waals surface area contributed by atoms with Crippen molar-refractivity contribution in [2.45, 2.75) is 13.3 Å². The minimum absolute atomic E-state index is 0.125. The highest BCUT2D eigenvalue weighted by Gasteiger charge is 2.33. The van der Waals surface area contributed by atoms with E-state index in [0.29, 0.717) is 34.8 Å². The summed E-state index contributed by atoms with van der Waals surface area (Å²) in [5.74, 6) is 2.56. The predicted molar refractivity (Wildman–Crippen MR) is 103 cm³/mol. The van der Waals surface area contributed by atoms with E-state index in [9.17, 15) is 0 Å². The third-order valence-electron chi connectivity index (χ3n) is 4.09. The molecule has 0 fully saturated rings. The van der Waals surface area contributed by atoms with Gasteiger partial charge in [0.2, 0.25) is 5.90 Å². The van der Waals surface area contributed by atoms with E-state index in [1.807, 2.05) is 49.4 Å². The van der Waals surface area contributed by atoms with E-state index in [2.05, 4.69) is 9.98 Å². The van der Waals surface area contributed by atoms with Gasteiger partial charge in [0.25, 0.3) is 0 Å². The molecule has 2 aromatic carbocycles. The monoisotopic (exact) mass is 370 g/mol. The molecule has 0 bridgehead atoms. The number of nitrogens with zero attached hydrogens (tertiary/aromatic N) is 2. The number of thiocarbonyl (C=S) groups is 1. The first-order valence-corrected chi connectivity index (χ1v) is 8.83. The Labute approximate surface area is 156 Å². The van der Waals surface area contributed by atoms with Crippen molar-refractivity contribution in [1.29, 1.82) is 0 Å². The fraction of sp³-hybridized carbons (Fsp3) is 0.211. The summed E-state index contributed by atoms with van der Waals surface area (Å²) in [5.41, 5.74) is 1.88. The molecule has 0 spiro atoms. The van der Waals surface area contributed by atoms with Gasteiger partial charge >= 0.3 is 0 Å². The third kappa shape index (κ3) is 3.17. The van der Waals surface area contributed by atoms with Crippen molar-refractivity contribution in [1.82, 2.24) is 0 Å². The molecule has 25 heavy (non-hydrogen) atoms. The van der Waals surface area contributed by atoms with Crippen molar-refractivity contribution in [3.63, 3.8) is 0 Å². The highest BCUT2D eigenvalue weighted by molar-refractivity contribution is 7.80. The maximum Gasteiger partial charge on any atom is 0.207 e. The van der Waals surface area contributed by atoms with Crippen molar-refractivity contribution in [2.75, 3.05) is 6.61 Å². The first-order chi connectivity index (χ1) is 12.1. The molecule has 0 aliphatic carbocycles. The van der Waals surface area contributed by atoms with E-state index in [1.54, 1.807) is 0 Å². The lowest BCUT2D eigenvalue weighted by atomic mass is 9.94. The lowest BCUT2D eigenvalue weighted by molar-refractivity contribution is 0.340. The summed E-state index contributed by atoms with van der Waals surface area (Å²) in [4.78, 5) is 9.72. The summed E-state index contributed by atoms with van der Waals surface area (Å²) >= 11 is 11.6. The normalized spacial score (nSPS) is 18.5. The zero-order valence-electron chi connectivity index (χ0n) is 13.5. The molecule has 2 aliphatic heterocycles. The molecular weight excluding hydrogens is 356 g/mol. The Kier molecular flexibility index (Phi) is 4.27. The average Bonchev–Trinajstić information content (AvgIpc) is 2.61. The van der Waals surface area contributed by atoms with E-state index < -0.39 is 0 Å². The number of amidine groups is 1. The van der Waals surface area contributed by atoms with Gasteiger partial charge in [0.15, 0.2) is 5.84 Å². The van der Waals surface area contributed by atoms with Gasteiger partial charge in [0, 0.05) is 10.6 Å². The van der Waals surface area contributed by atoms with Crippen molar-refractivity contribution in [3.8, 4) is 11.5 Å². The lowest BCUT2D eigenvalue weighted by Gasteiger charge is -2.28. The Hall–Kier alpha value is -2.24. The topological polar surface area (TPSA) is 43.2 Å². The minimum atomic E-state index is -0.125. The molecule has 0 amide bonds. The summed E-state index contributed by atoms with van der Waals surface area (Å²) in [6, 6.07) is 13.2. The Morgan fingerprint density at radius 3 is 2.96 bits per heavy atom. The van der Waals surface area contributed by atoms with Crippen LogP contribution in [-0.4, -0.2) is 23.3 Å². The van der Waals surface area contributed by atoms with Crippen LogP contribution in [0.4, 0.5) is 0 Å². The van der Waals surface area contributed by atoms with E-state index in [-0.39, 0.29) is 5.92 Å². The molecule has 2 heterocycles. The third-order valence-corrected chi connectivity index (χ3v) is 4.70. The number of fused-ring (bicyclic) bond motifs is 2. The predicted octanol–water partition coefficient (Wildman–Crippen LogP) is 4.48. The second-order valence-corrected chi connectivity index (χ2v) is 6.65. The number of rotatable bonds is 3. The molecule has 126 valence electrons. The molecular formula is C19H15ClN2O2S. The molecule has 6 heteroatoms. The van der Waals surface area contributed by atoms with Gasteiger partial charge in [0.05, 0.1) is 12.5 Å². The van der Waals surface area contributed by atoms with Gasteiger partial charge in [-0.15, -0.1) is 0 Å². The SMILES string of the molecule is CCOc1cccc(C2=NC(=S)C3Cc4cc(Cl)ccc4OC3=N2)c1. The van der Waals surface area contributed by atoms with Gasteiger partial charge in [-0.2, -0.15) is 4.99 Å². The summed E-state index contributed by atoms with van der Waals surface area (Å²) in [7, 11) is 0. The van der Waals surface area contributed by atoms with Crippen LogP contribution in [0.3, 0.4) is 0 Å². The summed E-state index contributed by atoms with van der Waals surface area (Å²) in [6.45, 7) is 2.55. The molecule has 0 saturated heterocycles. The Bertz CT molecular complexity index is 923. The van der Waals surface area contributed by atoms with Crippen LogP contribution in [0, 0.1) is 5.92 Å². The molecule has 1 atom stereocenters. The van der Waals surface area contributed by atoms with Crippen molar-refractivity contribution < 1.29 is 9.47 Å². The van der Waals surface area contributed by atoms with E-state index in [0.717, 1.165) is 22.6 Å². The molecule has 0 radical (unpaired) electrons. The largest absolute Gasteiger partial charge is 0.494 e. The average molecular weight is 371 g/mol. The fourth-order valence-electron chi connectivity index (χ4n) is 2.92. The molecule has 4 nitrogen and oxygen atoms in total. The van der Waals surface area contributed by atoms with E-state index in [4.69, 9.17) is 33.3 Å². The number of halogens is 1. The smallest absolute Gasteiger partial charge is 0.207 e. The number of benzene rings is 2. The number of ether oxygens (including phenoxy) is 2. The highest BCUT2D eigenvalue weighted by Crippen LogP contribution is 2.33. The molecule has 0 saturated carbocycles. The molecule has 1 unspecified atom stereocenters. The zero-order chi connectivity index (χ0) is 17.4. The quantitative estimate of drug-likeness (QED) is 0.748. The molecule has 4 rings (SSSR count). The van der Waals surface area contributed by atoms with Gasteiger partial charge in [-0.1, -0.05) is 36.0 Å². The van der Waals surface area contributed by atoms with Crippen LogP contribution < -0.4 is 9.47 Å². The minimum Gasteiger partial charge on any atom is -0.494 e. The van der Waals surface area contributed by atoms with Crippen LogP contribution in [-0.2, 0) is 6.42 Å². The van der Waals surface area contributed by atoms with Crippen LogP contribution in [0.1, 0.15) is 18.1 Å². The second kappa shape index (κ2) is 6.58. The zero-order valence-corrected chi connectivity index (χ0v) is 15.1. The Balaban J connectivity index is 1.69. The molecule has 0 N–H and O–H groups in total. The summed E-state index contributed by atoms with van der Waals surface area (Å²) in [6.07, 6.45) is 0.698. The van der Waals surface area contributed by atoms with Gasteiger partial charge in [-0.3, -0.25) is 0 Å². The van der Waals surface area contributed by atoms with Gasteiger partial charge in [-0.05, 0) is 49.2 Å². The molecule has 2 aliphatic rings. The maximum atomic E-state index is 6.07. The molecule has 2 aromatic rings. The van der Waals surface area contributed by atoms with Crippen LogP contribution >= 0.6 is 23.8 Å². The standard InChI is InChI=1S/C19H15ClN2O2S/c1-2-23-14-5-3-4-11(9-14)17-21-18-15(19(25)22-17)10-12-8-13(20)6-7-16(12)24-18/h3-9,15H,2,10H2,1H3. The maximum absolute atomic E-state index is 6.07. The fourth-order valence-corrected chi connectivity index (χ4v) is 3.39. The number of hydrogen-bond acceptors (Lipinski definition) is 4. The van der Waals surface area contributed by atoms with Crippen LogP contribution in [0.15, 0.2) is 52.4 Å². The van der Waals surface area contributed by atoms with Crippen molar-refractivity contribution >= 4 is 40.5 Å². The van der Waals surface area contributed by atoms with E-state index >= 15 is 0 Å².